The van der Waals surface area contributed by atoms with Crippen LogP contribution in [0.1, 0.15) is 18.4 Å². The predicted octanol–water partition coefficient (Wildman–Crippen LogP) is 1.52. The minimum atomic E-state index is 0.152. The molecule has 2 aliphatic rings. The van der Waals surface area contributed by atoms with E-state index < -0.39 is 0 Å². The molecule has 1 N–H and O–H groups in total. The molecule has 1 aromatic carbocycles. The van der Waals surface area contributed by atoms with Gasteiger partial charge in [0.25, 0.3) is 0 Å². The summed E-state index contributed by atoms with van der Waals surface area (Å²) in [5.41, 5.74) is 1.27. The van der Waals surface area contributed by atoms with Crippen LogP contribution in [0, 0.1) is 5.92 Å². The van der Waals surface area contributed by atoms with Crippen molar-refractivity contribution in [3.8, 4) is 5.75 Å². The largest absolute Gasteiger partial charge is 0.490 e. The zero-order valence-electron chi connectivity index (χ0n) is 9.11. The molecule has 1 aromatic rings. The van der Waals surface area contributed by atoms with Crippen LogP contribution in [0.25, 0.3) is 0 Å². The molecule has 3 rings (SSSR count). The second kappa shape index (κ2) is 3.81. The summed E-state index contributed by atoms with van der Waals surface area (Å²) in [5.74, 6) is 1.34. The minimum absolute atomic E-state index is 0.152. The third-order valence-electron chi connectivity index (χ3n) is 3.42. The lowest BCUT2D eigenvalue weighted by molar-refractivity contribution is -0.123. The van der Waals surface area contributed by atoms with Gasteiger partial charge < -0.3 is 10.1 Å². The van der Waals surface area contributed by atoms with E-state index in [9.17, 15) is 4.79 Å². The van der Waals surface area contributed by atoms with E-state index in [1.54, 1.807) is 0 Å². The third-order valence-corrected chi connectivity index (χ3v) is 3.42. The van der Waals surface area contributed by atoms with Crippen molar-refractivity contribution in [2.24, 2.45) is 5.92 Å². The molecule has 1 amide bonds. The van der Waals surface area contributed by atoms with Gasteiger partial charge in [0.2, 0.25) is 5.91 Å². The highest BCUT2D eigenvalue weighted by Crippen LogP contribution is 2.31. The molecule has 2 heterocycles. The van der Waals surface area contributed by atoms with E-state index in [2.05, 4.69) is 11.4 Å². The summed E-state index contributed by atoms with van der Waals surface area (Å²) in [6.45, 7) is 0.823. The molecule has 0 aliphatic carbocycles. The van der Waals surface area contributed by atoms with Crippen molar-refractivity contribution < 1.29 is 9.53 Å². The smallest absolute Gasteiger partial charge is 0.223 e. The lowest BCUT2D eigenvalue weighted by Gasteiger charge is -2.13. The topological polar surface area (TPSA) is 38.3 Å². The summed E-state index contributed by atoms with van der Waals surface area (Å²) in [6, 6.07) is 8.13. The lowest BCUT2D eigenvalue weighted by Crippen LogP contribution is -2.24. The Bertz CT molecular complexity index is 391. The van der Waals surface area contributed by atoms with Crippen LogP contribution in [-0.2, 0) is 11.2 Å². The van der Waals surface area contributed by atoms with Gasteiger partial charge in [0, 0.05) is 18.9 Å². The SMILES string of the molecule is O=C1NCCC1CC1Cc2ccccc2O1. The fourth-order valence-electron chi connectivity index (χ4n) is 2.57. The Labute approximate surface area is 94.8 Å². The molecule has 2 atom stereocenters. The zero-order chi connectivity index (χ0) is 11.0. The molecule has 0 radical (unpaired) electrons. The Morgan fingerprint density at radius 2 is 2.25 bits per heavy atom. The number of fused-ring (bicyclic) bond motifs is 1. The van der Waals surface area contributed by atoms with Gasteiger partial charge in [-0.25, -0.2) is 0 Å². The highest BCUT2D eigenvalue weighted by Gasteiger charge is 2.31. The van der Waals surface area contributed by atoms with Crippen LogP contribution in [-0.4, -0.2) is 18.6 Å². The first kappa shape index (κ1) is 9.70. The van der Waals surface area contributed by atoms with E-state index in [0.717, 1.165) is 31.6 Å². The number of carbonyl (C=O) groups excluding carboxylic acids is 1. The van der Waals surface area contributed by atoms with Crippen molar-refractivity contribution in [3.05, 3.63) is 29.8 Å². The second-order valence-corrected chi connectivity index (χ2v) is 4.56. The van der Waals surface area contributed by atoms with Crippen molar-refractivity contribution >= 4 is 5.91 Å². The molecule has 0 aromatic heterocycles. The highest BCUT2D eigenvalue weighted by atomic mass is 16.5. The summed E-state index contributed by atoms with van der Waals surface area (Å²) >= 11 is 0. The van der Waals surface area contributed by atoms with Crippen LogP contribution in [0.2, 0.25) is 0 Å². The summed E-state index contributed by atoms with van der Waals surface area (Å²) in [4.78, 5) is 11.5. The Kier molecular flexibility index (Phi) is 2.31. The molecule has 2 aliphatic heterocycles. The van der Waals surface area contributed by atoms with Gasteiger partial charge in [0.15, 0.2) is 0 Å². The third kappa shape index (κ3) is 1.66. The fraction of sp³-hybridized carbons (Fsp3) is 0.462. The van der Waals surface area contributed by atoms with Crippen LogP contribution >= 0.6 is 0 Å². The average molecular weight is 217 g/mol. The van der Waals surface area contributed by atoms with Crippen molar-refractivity contribution in [2.75, 3.05) is 6.54 Å². The van der Waals surface area contributed by atoms with E-state index in [4.69, 9.17) is 4.74 Å². The van der Waals surface area contributed by atoms with Crippen LogP contribution < -0.4 is 10.1 Å². The highest BCUT2D eigenvalue weighted by molar-refractivity contribution is 5.80. The molecule has 3 nitrogen and oxygen atoms in total. The summed E-state index contributed by atoms with van der Waals surface area (Å²) in [6.07, 6.45) is 2.93. The molecule has 0 saturated carbocycles. The van der Waals surface area contributed by atoms with Gasteiger partial charge in [0.05, 0.1) is 0 Å². The lowest BCUT2D eigenvalue weighted by atomic mass is 9.97. The molecule has 1 saturated heterocycles. The molecule has 2 unspecified atom stereocenters. The van der Waals surface area contributed by atoms with Crippen LogP contribution in [0.5, 0.6) is 5.75 Å². The first-order chi connectivity index (χ1) is 7.83. The van der Waals surface area contributed by atoms with Gasteiger partial charge in [-0.3, -0.25) is 4.79 Å². The predicted molar refractivity (Wildman–Crippen MR) is 60.3 cm³/mol. The Morgan fingerprint density at radius 3 is 3.00 bits per heavy atom. The number of amides is 1. The van der Waals surface area contributed by atoms with Crippen molar-refractivity contribution in [1.29, 1.82) is 0 Å². The van der Waals surface area contributed by atoms with Gasteiger partial charge in [-0.05, 0) is 24.5 Å². The van der Waals surface area contributed by atoms with E-state index in [0.29, 0.717) is 0 Å². The number of para-hydroxylation sites is 1. The van der Waals surface area contributed by atoms with Crippen LogP contribution in [0.15, 0.2) is 24.3 Å². The quantitative estimate of drug-likeness (QED) is 0.815. The monoisotopic (exact) mass is 217 g/mol. The maximum atomic E-state index is 11.5. The van der Waals surface area contributed by atoms with E-state index in [1.165, 1.54) is 5.56 Å². The Balaban J connectivity index is 1.66. The number of rotatable bonds is 2. The van der Waals surface area contributed by atoms with Crippen LogP contribution in [0.3, 0.4) is 0 Å². The molecule has 0 spiro atoms. The normalized spacial score (nSPS) is 27.4. The fourth-order valence-corrected chi connectivity index (χ4v) is 2.57. The van der Waals surface area contributed by atoms with Gasteiger partial charge in [0.1, 0.15) is 11.9 Å². The molecule has 0 bridgehead atoms. The van der Waals surface area contributed by atoms with E-state index in [-0.39, 0.29) is 17.9 Å². The summed E-state index contributed by atoms with van der Waals surface area (Å²) in [7, 11) is 0. The maximum Gasteiger partial charge on any atom is 0.223 e. The molecular weight excluding hydrogens is 202 g/mol. The second-order valence-electron chi connectivity index (χ2n) is 4.56. The molecule has 1 fully saturated rings. The van der Waals surface area contributed by atoms with Gasteiger partial charge in [-0.2, -0.15) is 0 Å². The Morgan fingerprint density at radius 1 is 1.38 bits per heavy atom. The van der Waals surface area contributed by atoms with Gasteiger partial charge >= 0.3 is 0 Å². The van der Waals surface area contributed by atoms with E-state index in [1.807, 2.05) is 18.2 Å². The number of hydrogen-bond acceptors (Lipinski definition) is 2. The van der Waals surface area contributed by atoms with Gasteiger partial charge in [-0.1, -0.05) is 18.2 Å². The minimum Gasteiger partial charge on any atom is -0.490 e. The number of ether oxygens (including phenoxy) is 1. The zero-order valence-corrected chi connectivity index (χ0v) is 9.11. The number of benzene rings is 1. The van der Waals surface area contributed by atoms with E-state index >= 15 is 0 Å². The van der Waals surface area contributed by atoms with Crippen LogP contribution in [0.4, 0.5) is 0 Å². The van der Waals surface area contributed by atoms with Crippen molar-refractivity contribution in [3.63, 3.8) is 0 Å². The summed E-state index contributed by atoms with van der Waals surface area (Å²) in [5, 5.41) is 2.87. The standard InChI is InChI=1S/C13H15NO2/c15-13-10(5-6-14-13)8-11-7-9-3-1-2-4-12(9)16-11/h1-4,10-11H,5-8H2,(H,14,15). The Hall–Kier alpha value is -1.51. The van der Waals surface area contributed by atoms with Crippen molar-refractivity contribution in [1.82, 2.24) is 5.32 Å². The first-order valence-electron chi connectivity index (χ1n) is 5.85. The average Bonchev–Trinajstić information content (AvgIpc) is 2.85. The van der Waals surface area contributed by atoms with Gasteiger partial charge in [-0.15, -0.1) is 0 Å². The number of nitrogens with one attached hydrogen (secondary N) is 1. The molecular formula is C13H15NO2. The number of hydrogen-bond donors (Lipinski definition) is 1. The maximum absolute atomic E-state index is 11.5. The molecule has 3 heteroatoms. The first-order valence-corrected chi connectivity index (χ1v) is 5.85. The molecule has 16 heavy (non-hydrogen) atoms. The summed E-state index contributed by atoms with van der Waals surface area (Å²) < 4.78 is 5.84. The number of carbonyl (C=O) groups is 1. The molecule has 84 valence electrons. The van der Waals surface area contributed by atoms with Crippen molar-refractivity contribution in [2.45, 2.75) is 25.4 Å².